The Morgan fingerprint density at radius 2 is 1.75 bits per heavy atom. The molecule has 0 aromatic heterocycles. The number of hydrogen-bond acceptors (Lipinski definition) is 1. The molecule has 1 fully saturated rings. The standard InChI is InChI=1S/C19H24F4O/c1-2-3-4-13-5-7-14(8-6-13)9-10-15-11-16(20)18(17(21)12-15)24-19(22)23/h3-4,11-14,19H,2,5-10H2,1H3/b4-3+/t13-,14-. The van der Waals surface area contributed by atoms with Crippen molar-refractivity contribution < 1.29 is 22.3 Å². The van der Waals surface area contributed by atoms with Gasteiger partial charge in [-0.1, -0.05) is 19.1 Å². The summed E-state index contributed by atoms with van der Waals surface area (Å²) >= 11 is 0. The van der Waals surface area contributed by atoms with Gasteiger partial charge in [0, 0.05) is 0 Å². The third kappa shape index (κ3) is 5.53. The van der Waals surface area contributed by atoms with E-state index >= 15 is 0 Å². The molecule has 1 nitrogen and oxygen atoms in total. The van der Waals surface area contributed by atoms with Crippen LogP contribution in [-0.2, 0) is 6.42 Å². The zero-order valence-electron chi connectivity index (χ0n) is 13.9. The molecule has 0 aliphatic heterocycles. The van der Waals surface area contributed by atoms with Gasteiger partial charge >= 0.3 is 6.61 Å². The van der Waals surface area contributed by atoms with E-state index < -0.39 is 24.0 Å². The van der Waals surface area contributed by atoms with E-state index in [0.29, 0.717) is 23.8 Å². The summed E-state index contributed by atoms with van der Waals surface area (Å²) < 4.78 is 55.5. The van der Waals surface area contributed by atoms with Gasteiger partial charge in [-0.25, -0.2) is 8.78 Å². The zero-order chi connectivity index (χ0) is 17.5. The quantitative estimate of drug-likeness (QED) is 0.418. The van der Waals surface area contributed by atoms with Crippen molar-refractivity contribution in [3.8, 4) is 5.75 Å². The van der Waals surface area contributed by atoms with Crippen LogP contribution in [0.2, 0.25) is 0 Å². The lowest BCUT2D eigenvalue weighted by Gasteiger charge is -2.26. The zero-order valence-corrected chi connectivity index (χ0v) is 13.9. The van der Waals surface area contributed by atoms with Gasteiger partial charge in [-0.2, -0.15) is 8.78 Å². The molecule has 0 unspecified atom stereocenters. The van der Waals surface area contributed by atoms with Crippen LogP contribution in [0.1, 0.15) is 51.0 Å². The number of rotatable bonds is 7. The second-order valence-corrected chi connectivity index (χ2v) is 6.42. The Labute approximate surface area is 140 Å². The average molecular weight is 344 g/mol. The second kappa shape index (κ2) is 9.09. The number of aryl methyl sites for hydroxylation is 1. The Hall–Kier alpha value is -1.52. The number of ether oxygens (including phenoxy) is 1. The van der Waals surface area contributed by atoms with Crippen molar-refractivity contribution in [2.45, 2.75) is 58.5 Å². The highest BCUT2D eigenvalue weighted by molar-refractivity contribution is 5.31. The van der Waals surface area contributed by atoms with Crippen LogP contribution in [-0.4, -0.2) is 6.61 Å². The maximum atomic E-state index is 13.7. The van der Waals surface area contributed by atoms with Crippen molar-refractivity contribution in [2.75, 3.05) is 0 Å². The van der Waals surface area contributed by atoms with Crippen LogP contribution < -0.4 is 4.74 Å². The van der Waals surface area contributed by atoms with Crippen LogP contribution in [0.3, 0.4) is 0 Å². The fourth-order valence-electron chi connectivity index (χ4n) is 3.33. The first-order valence-electron chi connectivity index (χ1n) is 8.59. The van der Waals surface area contributed by atoms with Gasteiger partial charge in [0.25, 0.3) is 0 Å². The Morgan fingerprint density at radius 1 is 1.12 bits per heavy atom. The lowest BCUT2D eigenvalue weighted by atomic mass is 9.79. The molecule has 1 aromatic rings. The largest absolute Gasteiger partial charge is 0.429 e. The monoisotopic (exact) mass is 344 g/mol. The number of benzene rings is 1. The van der Waals surface area contributed by atoms with Gasteiger partial charge in [-0.15, -0.1) is 0 Å². The third-order valence-electron chi connectivity index (χ3n) is 4.64. The highest BCUT2D eigenvalue weighted by Gasteiger charge is 2.20. The topological polar surface area (TPSA) is 9.23 Å². The molecule has 0 amide bonds. The molecule has 0 heterocycles. The maximum Gasteiger partial charge on any atom is 0.387 e. The van der Waals surface area contributed by atoms with E-state index in [1.165, 1.54) is 0 Å². The predicted molar refractivity (Wildman–Crippen MR) is 86.2 cm³/mol. The molecule has 24 heavy (non-hydrogen) atoms. The maximum absolute atomic E-state index is 13.7. The molecule has 0 atom stereocenters. The van der Waals surface area contributed by atoms with Crippen molar-refractivity contribution in [2.24, 2.45) is 11.8 Å². The summed E-state index contributed by atoms with van der Waals surface area (Å²) in [6.07, 6.45) is 11.5. The molecular formula is C19H24F4O. The second-order valence-electron chi connectivity index (χ2n) is 6.42. The van der Waals surface area contributed by atoms with Crippen molar-refractivity contribution in [1.29, 1.82) is 0 Å². The highest BCUT2D eigenvalue weighted by Crippen LogP contribution is 2.33. The van der Waals surface area contributed by atoms with E-state index in [0.717, 1.165) is 50.7 Å². The molecule has 1 saturated carbocycles. The summed E-state index contributed by atoms with van der Waals surface area (Å²) in [7, 11) is 0. The van der Waals surface area contributed by atoms with Crippen LogP contribution in [0.5, 0.6) is 5.75 Å². The number of hydrogen-bond donors (Lipinski definition) is 0. The van der Waals surface area contributed by atoms with Crippen molar-refractivity contribution in [1.82, 2.24) is 0 Å². The van der Waals surface area contributed by atoms with E-state index in [1.807, 2.05) is 0 Å². The lowest BCUT2D eigenvalue weighted by molar-refractivity contribution is -0.0546. The minimum Gasteiger partial charge on any atom is -0.429 e. The molecule has 0 saturated heterocycles. The summed E-state index contributed by atoms with van der Waals surface area (Å²) in [5, 5.41) is 0. The van der Waals surface area contributed by atoms with Gasteiger partial charge in [-0.05, 0) is 74.5 Å². The van der Waals surface area contributed by atoms with E-state index in [9.17, 15) is 17.6 Å². The summed E-state index contributed by atoms with van der Waals surface area (Å²) in [5.74, 6) is -1.93. The van der Waals surface area contributed by atoms with Gasteiger partial charge in [0.15, 0.2) is 17.4 Å². The average Bonchev–Trinajstić information content (AvgIpc) is 2.55. The molecule has 5 heteroatoms. The highest BCUT2D eigenvalue weighted by atomic mass is 19.3. The Morgan fingerprint density at radius 3 is 2.29 bits per heavy atom. The smallest absolute Gasteiger partial charge is 0.387 e. The summed E-state index contributed by atoms with van der Waals surface area (Å²) in [6, 6.07) is 2.19. The van der Waals surface area contributed by atoms with Crippen molar-refractivity contribution in [3.05, 3.63) is 41.5 Å². The molecule has 0 bridgehead atoms. The number of allylic oxidation sites excluding steroid dienone is 2. The van der Waals surface area contributed by atoms with Gasteiger partial charge < -0.3 is 4.74 Å². The molecule has 1 aliphatic rings. The minimum absolute atomic E-state index is 0.486. The van der Waals surface area contributed by atoms with Crippen LogP contribution in [0, 0.1) is 23.5 Å². The first-order valence-corrected chi connectivity index (χ1v) is 8.59. The molecule has 0 radical (unpaired) electrons. The predicted octanol–water partition coefficient (Wildman–Crippen LogP) is 6.27. The molecule has 0 spiro atoms. The summed E-state index contributed by atoms with van der Waals surface area (Å²) in [5.41, 5.74) is 0.486. The number of halogens is 4. The Bertz CT molecular complexity index is 525. The Kier molecular flexibility index (Phi) is 7.13. The van der Waals surface area contributed by atoms with E-state index in [2.05, 4.69) is 23.8 Å². The van der Waals surface area contributed by atoms with Gasteiger partial charge in [0.1, 0.15) is 0 Å². The molecule has 134 valence electrons. The molecule has 2 rings (SSSR count). The molecule has 1 aliphatic carbocycles. The van der Waals surface area contributed by atoms with Crippen LogP contribution in [0.25, 0.3) is 0 Å². The van der Waals surface area contributed by atoms with E-state index in [1.54, 1.807) is 0 Å². The van der Waals surface area contributed by atoms with Crippen molar-refractivity contribution >= 4 is 0 Å². The fourth-order valence-corrected chi connectivity index (χ4v) is 3.33. The van der Waals surface area contributed by atoms with Gasteiger partial charge in [-0.3, -0.25) is 0 Å². The normalized spacial score (nSPS) is 21.6. The van der Waals surface area contributed by atoms with Gasteiger partial charge in [0.2, 0.25) is 0 Å². The first kappa shape index (κ1) is 18.8. The lowest BCUT2D eigenvalue weighted by Crippen LogP contribution is -2.14. The van der Waals surface area contributed by atoms with E-state index in [-0.39, 0.29) is 0 Å². The summed E-state index contributed by atoms with van der Waals surface area (Å²) in [6.45, 7) is -1.12. The number of alkyl halides is 2. The summed E-state index contributed by atoms with van der Waals surface area (Å²) in [4.78, 5) is 0. The SMILES string of the molecule is CC/C=C/[C@H]1CC[C@H](CCc2cc(F)c(OC(F)F)c(F)c2)CC1. The third-order valence-corrected chi connectivity index (χ3v) is 4.64. The van der Waals surface area contributed by atoms with Gasteiger partial charge in [0.05, 0.1) is 0 Å². The molecular weight excluding hydrogens is 320 g/mol. The van der Waals surface area contributed by atoms with Crippen molar-refractivity contribution in [3.63, 3.8) is 0 Å². The minimum atomic E-state index is -3.24. The van der Waals surface area contributed by atoms with Crippen LogP contribution in [0.15, 0.2) is 24.3 Å². The Balaban J connectivity index is 1.86. The van der Waals surface area contributed by atoms with Crippen LogP contribution >= 0.6 is 0 Å². The van der Waals surface area contributed by atoms with Crippen LogP contribution in [0.4, 0.5) is 17.6 Å². The first-order chi connectivity index (χ1) is 11.5. The van der Waals surface area contributed by atoms with E-state index in [4.69, 9.17) is 0 Å². The molecule has 0 N–H and O–H groups in total. The fraction of sp³-hybridized carbons (Fsp3) is 0.579. The molecule has 1 aromatic carbocycles.